The van der Waals surface area contributed by atoms with Crippen LogP contribution in [-0.2, 0) is 0 Å². The molecule has 0 unspecified atom stereocenters. The van der Waals surface area contributed by atoms with Gasteiger partial charge in [0.25, 0.3) is 5.89 Å². The average molecular weight is 241 g/mol. The summed E-state index contributed by atoms with van der Waals surface area (Å²) >= 11 is 3.08. The van der Waals surface area contributed by atoms with E-state index in [9.17, 15) is 0 Å². The molecule has 13 heavy (non-hydrogen) atoms. The monoisotopic (exact) mass is 240 g/mol. The van der Waals surface area contributed by atoms with E-state index in [1.807, 2.05) is 0 Å². The molecule has 0 atom stereocenters. The smallest absolute Gasteiger partial charge is 0.258 e. The second kappa shape index (κ2) is 3.18. The van der Waals surface area contributed by atoms with Gasteiger partial charge in [-0.2, -0.15) is 4.98 Å². The molecule has 66 valence electrons. The van der Waals surface area contributed by atoms with Crippen molar-refractivity contribution >= 4 is 15.9 Å². The topological polar surface area (TPSA) is 59.2 Å². The van der Waals surface area contributed by atoms with Crippen molar-refractivity contribution in [2.45, 2.75) is 0 Å². The summed E-state index contributed by atoms with van der Waals surface area (Å²) in [5, 5.41) is 12.6. The minimum absolute atomic E-state index is 0.210. The highest BCUT2D eigenvalue weighted by Gasteiger charge is 2.05. The first-order chi connectivity index (χ1) is 6.25. The fourth-order valence-corrected chi connectivity index (χ4v) is 1.16. The Morgan fingerprint density at radius 3 is 2.46 bits per heavy atom. The predicted molar refractivity (Wildman–Crippen MR) is 49.1 cm³/mol. The lowest BCUT2D eigenvalue weighted by Crippen LogP contribution is -1.75. The first-order valence-corrected chi connectivity index (χ1v) is 4.33. The van der Waals surface area contributed by atoms with Crippen molar-refractivity contribution in [3.05, 3.63) is 29.0 Å². The van der Waals surface area contributed by atoms with Crippen LogP contribution in [0.25, 0.3) is 11.5 Å². The SMILES string of the molecule is Oc1ccc(-c2nc(Br)no2)cc1. The minimum Gasteiger partial charge on any atom is -0.508 e. The maximum Gasteiger partial charge on any atom is 0.258 e. The minimum atomic E-state index is 0.210. The first-order valence-electron chi connectivity index (χ1n) is 3.54. The molecule has 0 saturated heterocycles. The molecular weight excluding hydrogens is 236 g/mol. The van der Waals surface area contributed by atoms with E-state index >= 15 is 0 Å². The molecule has 0 bridgehead atoms. The molecule has 0 aliphatic rings. The largest absolute Gasteiger partial charge is 0.508 e. The van der Waals surface area contributed by atoms with Gasteiger partial charge in [-0.05, 0) is 45.4 Å². The third kappa shape index (κ3) is 1.70. The van der Waals surface area contributed by atoms with Gasteiger partial charge >= 0.3 is 0 Å². The number of nitrogens with zero attached hydrogens (tertiary/aromatic N) is 2. The summed E-state index contributed by atoms with van der Waals surface area (Å²) in [5.41, 5.74) is 0.774. The van der Waals surface area contributed by atoms with Gasteiger partial charge in [0.2, 0.25) is 4.73 Å². The van der Waals surface area contributed by atoms with Crippen LogP contribution >= 0.6 is 15.9 Å². The normalized spacial score (nSPS) is 10.2. The third-order valence-corrected chi connectivity index (χ3v) is 1.84. The van der Waals surface area contributed by atoms with Crippen molar-refractivity contribution in [1.82, 2.24) is 10.1 Å². The maximum absolute atomic E-state index is 9.03. The molecule has 4 nitrogen and oxygen atoms in total. The van der Waals surface area contributed by atoms with Crippen LogP contribution in [0, 0.1) is 0 Å². The van der Waals surface area contributed by atoms with E-state index in [0.717, 1.165) is 5.56 Å². The Kier molecular flexibility index (Phi) is 2.02. The lowest BCUT2D eigenvalue weighted by Gasteiger charge is -1.93. The van der Waals surface area contributed by atoms with Gasteiger partial charge in [0, 0.05) is 5.56 Å². The van der Waals surface area contributed by atoms with Crippen LogP contribution in [0.2, 0.25) is 0 Å². The summed E-state index contributed by atoms with van der Waals surface area (Å²) in [6, 6.07) is 6.53. The highest BCUT2D eigenvalue weighted by molar-refractivity contribution is 9.10. The van der Waals surface area contributed by atoms with Gasteiger partial charge in [-0.3, -0.25) is 0 Å². The molecule has 1 heterocycles. The summed E-state index contributed by atoms with van der Waals surface area (Å²) in [5.74, 6) is 0.634. The Labute approximate surface area is 82.3 Å². The molecule has 0 aliphatic heterocycles. The molecule has 2 rings (SSSR count). The van der Waals surface area contributed by atoms with E-state index in [1.54, 1.807) is 24.3 Å². The van der Waals surface area contributed by atoms with E-state index in [1.165, 1.54) is 0 Å². The molecule has 0 spiro atoms. The quantitative estimate of drug-likeness (QED) is 0.831. The molecule has 0 aliphatic carbocycles. The summed E-state index contributed by atoms with van der Waals surface area (Å²) in [6.45, 7) is 0. The fourth-order valence-electron chi connectivity index (χ4n) is 0.927. The van der Waals surface area contributed by atoms with E-state index in [2.05, 4.69) is 26.1 Å². The number of hydrogen-bond acceptors (Lipinski definition) is 4. The van der Waals surface area contributed by atoms with Crippen molar-refractivity contribution in [1.29, 1.82) is 0 Å². The molecule has 0 radical (unpaired) electrons. The van der Waals surface area contributed by atoms with E-state index in [0.29, 0.717) is 10.6 Å². The third-order valence-electron chi connectivity index (χ3n) is 1.52. The zero-order valence-corrected chi connectivity index (χ0v) is 8.02. The summed E-state index contributed by atoms with van der Waals surface area (Å²) in [4.78, 5) is 3.97. The van der Waals surface area contributed by atoms with Crippen molar-refractivity contribution < 1.29 is 9.63 Å². The van der Waals surface area contributed by atoms with Crippen LogP contribution in [0.4, 0.5) is 0 Å². The number of rotatable bonds is 1. The van der Waals surface area contributed by atoms with Gasteiger partial charge in [0.05, 0.1) is 0 Å². The van der Waals surface area contributed by atoms with Crippen molar-refractivity contribution in [2.24, 2.45) is 0 Å². The Bertz CT molecular complexity index is 410. The van der Waals surface area contributed by atoms with Crippen molar-refractivity contribution in [3.8, 4) is 17.2 Å². The number of halogens is 1. The number of aromatic nitrogens is 2. The highest BCUT2D eigenvalue weighted by atomic mass is 79.9. The fraction of sp³-hybridized carbons (Fsp3) is 0. The van der Waals surface area contributed by atoms with Crippen molar-refractivity contribution in [3.63, 3.8) is 0 Å². The summed E-state index contributed by atoms with van der Waals surface area (Å²) in [6.07, 6.45) is 0. The molecule has 0 fully saturated rings. The molecule has 1 N–H and O–H groups in total. The molecule has 0 saturated carbocycles. The van der Waals surface area contributed by atoms with Crippen molar-refractivity contribution in [2.75, 3.05) is 0 Å². The van der Waals surface area contributed by atoms with Crippen LogP contribution in [0.5, 0.6) is 5.75 Å². The van der Waals surface area contributed by atoms with Crippen LogP contribution in [0.15, 0.2) is 33.5 Å². The second-order valence-corrected chi connectivity index (χ2v) is 3.12. The molecule has 0 amide bonds. The van der Waals surface area contributed by atoms with E-state index < -0.39 is 0 Å². The average Bonchev–Trinajstić information content (AvgIpc) is 2.53. The Morgan fingerprint density at radius 1 is 1.23 bits per heavy atom. The Hall–Kier alpha value is -1.36. The lowest BCUT2D eigenvalue weighted by atomic mass is 10.2. The van der Waals surface area contributed by atoms with Gasteiger partial charge < -0.3 is 9.63 Å². The van der Waals surface area contributed by atoms with Crippen LogP contribution in [0.1, 0.15) is 0 Å². The molecular formula is C8H5BrN2O2. The maximum atomic E-state index is 9.03. The standard InChI is InChI=1S/C8H5BrN2O2/c9-8-10-7(13-11-8)5-1-3-6(12)4-2-5/h1-4,12H. The number of phenolic OH excluding ortho intramolecular Hbond substituents is 1. The number of aromatic hydroxyl groups is 1. The van der Waals surface area contributed by atoms with Crippen LogP contribution in [-0.4, -0.2) is 15.2 Å². The number of phenols is 1. The summed E-state index contributed by atoms with van der Waals surface area (Å²) in [7, 11) is 0. The molecule has 5 heteroatoms. The lowest BCUT2D eigenvalue weighted by molar-refractivity contribution is 0.426. The molecule has 1 aromatic carbocycles. The highest BCUT2D eigenvalue weighted by Crippen LogP contribution is 2.20. The number of benzene rings is 1. The van der Waals surface area contributed by atoms with Crippen LogP contribution in [0.3, 0.4) is 0 Å². The Morgan fingerprint density at radius 2 is 1.92 bits per heavy atom. The number of hydrogen-bond donors (Lipinski definition) is 1. The molecule has 2 aromatic rings. The zero-order chi connectivity index (χ0) is 9.26. The van der Waals surface area contributed by atoms with Gasteiger partial charge in [-0.15, -0.1) is 0 Å². The van der Waals surface area contributed by atoms with Gasteiger partial charge in [-0.1, -0.05) is 0 Å². The van der Waals surface area contributed by atoms with E-state index in [4.69, 9.17) is 9.63 Å². The second-order valence-electron chi connectivity index (χ2n) is 2.42. The summed E-state index contributed by atoms with van der Waals surface area (Å²) < 4.78 is 5.31. The molecule has 1 aromatic heterocycles. The Balaban J connectivity index is 2.41. The van der Waals surface area contributed by atoms with E-state index in [-0.39, 0.29) is 5.75 Å². The van der Waals surface area contributed by atoms with Gasteiger partial charge in [0.1, 0.15) is 5.75 Å². The van der Waals surface area contributed by atoms with Gasteiger partial charge in [-0.25, -0.2) is 0 Å². The van der Waals surface area contributed by atoms with Crippen LogP contribution < -0.4 is 0 Å². The zero-order valence-electron chi connectivity index (χ0n) is 6.44. The van der Waals surface area contributed by atoms with Gasteiger partial charge in [0.15, 0.2) is 0 Å². The first kappa shape index (κ1) is 8.25. The predicted octanol–water partition coefficient (Wildman–Crippen LogP) is 2.20.